The molecule has 4 rings (SSSR count). The van der Waals surface area contributed by atoms with Crippen LogP contribution in [0.2, 0.25) is 0 Å². The molecule has 0 radical (unpaired) electrons. The average molecular weight is 379 g/mol. The van der Waals surface area contributed by atoms with E-state index in [1.807, 2.05) is 29.8 Å². The van der Waals surface area contributed by atoms with Crippen molar-refractivity contribution >= 4 is 22.8 Å². The molecule has 1 atom stereocenters. The number of hydrogen-bond donors (Lipinski definition) is 2. The number of nitrogens with zero attached hydrogens (tertiary/aromatic N) is 5. The Morgan fingerprint density at radius 3 is 3.00 bits per heavy atom. The summed E-state index contributed by atoms with van der Waals surface area (Å²) in [6, 6.07) is 5.68. The number of nitrogens with one attached hydrogen (secondary N) is 2. The third-order valence-corrected chi connectivity index (χ3v) is 4.97. The predicted molar refractivity (Wildman–Crippen MR) is 109 cm³/mol. The number of urea groups is 1. The highest BCUT2D eigenvalue weighted by Gasteiger charge is 2.23. The summed E-state index contributed by atoms with van der Waals surface area (Å²) in [5.41, 5.74) is 2.73. The molecule has 0 aliphatic carbocycles. The van der Waals surface area contributed by atoms with Gasteiger partial charge in [-0.1, -0.05) is 6.92 Å². The van der Waals surface area contributed by atoms with Crippen LogP contribution in [-0.2, 0) is 0 Å². The molecule has 0 saturated carbocycles. The Morgan fingerprint density at radius 2 is 2.18 bits per heavy atom. The van der Waals surface area contributed by atoms with Gasteiger partial charge in [-0.15, -0.1) is 0 Å². The van der Waals surface area contributed by atoms with Crippen LogP contribution in [0.5, 0.6) is 0 Å². The van der Waals surface area contributed by atoms with E-state index in [1.165, 1.54) is 0 Å². The first-order valence-corrected chi connectivity index (χ1v) is 9.69. The molecule has 8 heteroatoms. The van der Waals surface area contributed by atoms with Crippen LogP contribution in [-0.4, -0.2) is 56.4 Å². The minimum absolute atomic E-state index is 0.188. The number of fused-ring (bicyclic) bond motifs is 1. The van der Waals surface area contributed by atoms with Crippen molar-refractivity contribution in [3.63, 3.8) is 0 Å². The molecule has 3 aromatic rings. The SMILES string of the molecule is CCCN1CC[C@@H](NC(=O)Nc2cc3cnn(-c4ccnc(C)c4)c3cn2)C1. The van der Waals surface area contributed by atoms with Gasteiger partial charge in [-0.25, -0.2) is 14.5 Å². The van der Waals surface area contributed by atoms with E-state index >= 15 is 0 Å². The highest BCUT2D eigenvalue weighted by molar-refractivity contribution is 5.91. The van der Waals surface area contributed by atoms with Gasteiger partial charge in [0.2, 0.25) is 0 Å². The van der Waals surface area contributed by atoms with Gasteiger partial charge < -0.3 is 10.2 Å². The zero-order valence-corrected chi connectivity index (χ0v) is 16.2. The van der Waals surface area contributed by atoms with Crippen LogP contribution < -0.4 is 10.6 Å². The second kappa shape index (κ2) is 7.93. The van der Waals surface area contributed by atoms with Crippen LogP contribution in [0.25, 0.3) is 16.6 Å². The zero-order valence-electron chi connectivity index (χ0n) is 16.2. The number of aryl methyl sites for hydroxylation is 1. The number of pyridine rings is 2. The molecule has 0 aromatic carbocycles. The van der Waals surface area contributed by atoms with Crippen LogP contribution in [0.4, 0.5) is 10.6 Å². The van der Waals surface area contributed by atoms with Gasteiger partial charge in [-0.2, -0.15) is 5.10 Å². The lowest BCUT2D eigenvalue weighted by Crippen LogP contribution is -2.39. The van der Waals surface area contributed by atoms with Crippen LogP contribution >= 0.6 is 0 Å². The highest BCUT2D eigenvalue weighted by atomic mass is 16.2. The van der Waals surface area contributed by atoms with Crippen LogP contribution in [0.15, 0.2) is 36.8 Å². The average Bonchev–Trinajstić information content (AvgIpc) is 3.28. The Bertz CT molecular complexity index is 984. The summed E-state index contributed by atoms with van der Waals surface area (Å²) < 4.78 is 1.82. The van der Waals surface area contributed by atoms with Gasteiger partial charge in [0, 0.05) is 36.4 Å². The van der Waals surface area contributed by atoms with Crippen molar-refractivity contribution in [2.45, 2.75) is 32.7 Å². The van der Waals surface area contributed by atoms with E-state index in [-0.39, 0.29) is 12.1 Å². The van der Waals surface area contributed by atoms with Gasteiger partial charge in [-0.3, -0.25) is 10.3 Å². The first kappa shape index (κ1) is 18.4. The summed E-state index contributed by atoms with van der Waals surface area (Å²) in [6.07, 6.45) is 7.38. The van der Waals surface area contributed by atoms with Crippen LogP contribution in [0.3, 0.4) is 0 Å². The van der Waals surface area contributed by atoms with Gasteiger partial charge in [0.15, 0.2) is 0 Å². The first-order chi connectivity index (χ1) is 13.6. The van der Waals surface area contributed by atoms with Gasteiger partial charge in [0.1, 0.15) is 5.82 Å². The molecule has 2 amide bonds. The normalized spacial score (nSPS) is 17.1. The summed E-state index contributed by atoms with van der Waals surface area (Å²) >= 11 is 0. The van der Waals surface area contributed by atoms with Crippen molar-refractivity contribution in [1.82, 2.24) is 30.0 Å². The smallest absolute Gasteiger partial charge is 0.320 e. The lowest BCUT2D eigenvalue weighted by Gasteiger charge is -2.16. The number of likely N-dealkylation sites (tertiary alicyclic amines) is 1. The molecular formula is C20H25N7O. The van der Waals surface area contributed by atoms with Gasteiger partial charge in [0.05, 0.1) is 23.6 Å². The number of anilines is 1. The monoisotopic (exact) mass is 379 g/mol. The van der Waals surface area contributed by atoms with E-state index in [0.717, 1.165) is 54.8 Å². The molecule has 0 unspecified atom stereocenters. The van der Waals surface area contributed by atoms with E-state index in [1.54, 1.807) is 18.6 Å². The number of carbonyl (C=O) groups excluding carboxylic acids is 1. The Kier molecular flexibility index (Phi) is 5.21. The number of hydrogen-bond acceptors (Lipinski definition) is 5. The number of aromatic nitrogens is 4. The van der Waals surface area contributed by atoms with Crippen molar-refractivity contribution in [3.05, 3.63) is 42.5 Å². The second-order valence-corrected chi connectivity index (χ2v) is 7.22. The molecule has 28 heavy (non-hydrogen) atoms. The topological polar surface area (TPSA) is 88.0 Å². The van der Waals surface area contributed by atoms with E-state index in [4.69, 9.17) is 0 Å². The molecule has 1 saturated heterocycles. The molecule has 0 spiro atoms. The number of rotatable bonds is 5. The lowest BCUT2D eigenvalue weighted by atomic mass is 10.3. The molecule has 1 aliphatic rings. The van der Waals surface area contributed by atoms with Crippen molar-refractivity contribution in [2.24, 2.45) is 0 Å². The van der Waals surface area contributed by atoms with Crippen LogP contribution in [0.1, 0.15) is 25.5 Å². The van der Waals surface area contributed by atoms with Crippen molar-refractivity contribution in [2.75, 3.05) is 25.0 Å². The third-order valence-electron chi connectivity index (χ3n) is 4.97. The molecule has 146 valence electrons. The maximum absolute atomic E-state index is 12.3. The molecule has 2 N–H and O–H groups in total. The third kappa shape index (κ3) is 3.96. The van der Waals surface area contributed by atoms with E-state index in [9.17, 15) is 4.79 Å². The summed E-state index contributed by atoms with van der Waals surface area (Å²) in [4.78, 5) is 23.3. The molecule has 4 heterocycles. The fraction of sp³-hybridized carbons (Fsp3) is 0.400. The van der Waals surface area contributed by atoms with Crippen LogP contribution in [0, 0.1) is 6.92 Å². The van der Waals surface area contributed by atoms with Gasteiger partial charge >= 0.3 is 6.03 Å². The summed E-state index contributed by atoms with van der Waals surface area (Å²) in [5, 5.41) is 11.2. The van der Waals surface area contributed by atoms with Gasteiger partial charge in [-0.05, 0) is 44.5 Å². The Hall–Kier alpha value is -3.00. The number of amides is 2. The fourth-order valence-corrected chi connectivity index (χ4v) is 3.67. The Morgan fingerprint density at radius 1 is 1.29 bits per heavy atom. The standard InChI is InChI=1S/C20H25N7O/c1-3-7-26-8-5-16(13-26)24-20(28)25-19-10-15-11-23-27(18(15)12-22-19)17-4-6-21-14(2)9-17/h4,6,9-12,16H,3,5,7-8,13H2,1-2H3,(H2,22,24,25,28)/t16-/m1/s1. The highest BCUT2D eigenvalue weighted by Crippen LogP contribution is 2.20. The quantitative estimate of drug-likeness (QED) is 0.712. The molecule has 8 nitrogen and oxygen atoms in total. The van der Waals surface area contributed by atoms with E-state index in [0.29, 0.717) is 5.82 Å². The maximum Gasteiger partial charge on any atom is 0.320 e. The molecule has 3 aromatic heterocycles. The zero-order chi connectivity index (χ0) is 19.5. The van der Waals surface area contributed by atoms with Crippen molar-refractivity contribution < 1.29 is 4.79 Å². The molecule has 1 aliphatic heterocycles. The predicted octanol–water partition coefficient (Wildman–Crippen LogP) is 2.73. The summed E-state index contributed by atoms with van der Waals surface area (Å²) in [5.74, 6) is 0.513. The van der Waals surface area contributed by atoms with Crippen molar-refractivity contribution in [1.29, 1.82) is 0 Å². The fourth-order valence-electron chi connectivity index (χ4n) is 3.67. The first-order valence-electron chi connectivity index (χ1n) is 9.69. The van der Waals surface area contributed by atoms with E-state index < -0.39 is 0 Å². The van der Waals surface area contributed by atoms with Gasteiger partial charge in [0.25, 0.3) is 0 Å². The largest absolute Gasteiger partial charge is 0.334 e. The summed E-state index contributed by atoms with van der Waals surface area (Å²) in [7, 11) is 0. The maximum atomic E-state index is 12.3. The Balaban J connectivity index is 1.43. The Labute approximate surface area is 164 Å². The molecule has 1 fully saturated rings. The van der Waals surface area contributed by atoms with E-state index in [2.05, 4.69) is 37.5 Å². The number of carbonyl (C=O) groups is 1. The van der Waals surface area contributed by atoms with Crippen molar-refractivity contribution in [3.8, 4) is 5.69 Å². The minimum atomic E-state index is -0.215. The second-order valence-electron chi connectivity index (χ2n) is 7.22. The molecule has 0 bridgehead atoms. The summed E-state index contributed by atoms with van der Waals surface area (Å²) in [6.45, 7) is 7.15. The minimum Gasteiger partial charge on any atom is -0.334 e. The molecular weight excluding hydrogens is 354 g/mol. The lowest BCUT2D eigenvalue weighted by molar-refractivity contribution is 0.247.